The summed E-state index contributed by atoms with van der Waals surface area (Å²) in [7, 11) is 2.87. The number of methoxy groups -OCH3 is 2. The van der Waals surface area contributed by atoms with Crippen LogP contribution < -0.4 is 14.8 Å². The fraction of sp³-hybridized carbons (Fsp3) is 0.188. The van der Waals surface area contributed by atoms with Crippen LogP contribution in [0.25, 0.3) is 0 Å². The van der Waals surface area contributed by atoms with Crippen LogP contribution in [0, 0.1) is 0 Å². The summed E-state index contributed by atoms with van der Waals surface area (Å²) in [6.45, 7) is 0. The van der Waals surface area contributed by atoms with E-state index < -0.39 is 17.6 Å². The molecule has 122 valence electrons. The highest BCUT2D eigenvalue weighted by atomic mass is 19.4. The average Bonchev–Trinajstić information content (AvgIpc) is 2.53. The van der Waals surface area contributed by atoms with Gasteiger partial charge in [0.1, 0.15) is 11.5 Å². The van der Waals surface area contributed by atoms with Gasteiger partial charge in [0.05, 0.1) is 25.3 Å². The molecule has 0 radical (unpaired) electrons. The number of hydrogen-bond donors (Lipinski definition) is 1. The Balaban J connectivity index is 2.22. The van der Waals surface area contributed by atoms with Crippen LogP contribution in [-0.4, -0.2) is 20.1 Å². The van der Waals surface area contributed by atoms with Gasteiger partial charge in [-0.1, -0.05) is 0 Å². The summed E-state index contributed by atoms with van der Waals surface area (Å²) >= 11 is 0. The first-order valence-electron chi connectivity index (χ1n) is 6.56. The number of amides is 1. The first kappa shape index (κ1) is 16.7. The Bertz CT molecular complexity index is 697. The van der Waals surface area contributed by atoms with E-state index in [1.165, 1.54) is 32.4 Å². The van der Waals surface area contributed by atoms with Gasteiger partial charge in [-0.25, -0.2) is 0 Å². The summed E-state index contributed by atoms with van der Waals surface area (Å²) in [5, 5.41) is 2.52. The highest BCUT2D eigenvalue weighted by Crippen LogP contribution is 2.30. The Hall–Kier alpha value is -2.70. The number of anilines is 1. The summed E-state index contributed by atoms with van der Waals surface area (Å²) in [6.07, 6.45) is -4.42. The molecule has 0 atom stereocenters. The summed E-state index contributed by atoms with van der Waals surface area (Å²) < 4.78 is 47.7. The summed E-state index contributed by atoms with van der Waals surface area (Å²) in [5.41, 5.74) is -0.325. The van der Waals surface area contributed by atoms with Crippen LogP contribution in [0.2, 0.25) is 0 Å². The second kappa shape index (κ2) is 6.60. The number of halogens is 3. The number of ether oxygens (including phenoxy) is 2. The highest BCUT2D eigenvalue weighted by Gasteiger charge is 2.30. The Morgan fingerprint density at radius 1 is 1.00 bits per heavy atom. The third-order valence-electron chi connectivity index (χ3n) is 3.12. The molecule has 0 heterocycles. The molecular formula is C16H14F3NO3. The predicted octanol–water partition coefficient (Wildman–Crippen LogP) is 3.97. The number of rotatable bonds is 4. The lowest BCUT2D eigenvalue weighted by atomic mass is 10.1. The maximum atomic E-state index is 12.5. The molecule has 0 aliphatic carbocycles. The van der Waals surface area contributed by atoms with Crippen LogP contribution in [-0.2, 0) is 6.18 Å². The number of benzene rings is 2. The molecule has 0 saturated heterocycles. The predicted molar refractivity (Wildman–Crippen MR) is 78.9 cm³/mol. The minimum Gasteiger partial charge on any atom is -0.497 e. The van der Waals surface area contributed by atoms with Crippen molar-refractivity contribution in [3.05, 3.63) is 53.6 Å². The Labute approximate surface area is 130 Å². The second-order valence-corrected chi connectivity index (χ2v) is 4.60. The van der Waals surface area contributed by atoms with E-state index in [0.717, 1.165) is 12.1 Å². The van der Waals surface area contributed by atoms with E-state index in [0.29, 0.717) is 11.5 Å². The maximum absolute atomic E-state index is 12.5. The van der Waals surface area contributed by atoms with E-state index in [9.17, 15) is 18.0 Å². The molecule has 0 unspecified atom stereocenters. The number of alkyl halides is 3. The molecule has 4 nitrogen and oxygen atoms in total. The zero-order chi connectivity index (χ0) is 17.0. The number of hydrogen-bond acceptors (Lipinski definition) is 3. The molecule has 23 heavy (non-hydrogen) atoms. The molecular weight excluding hydrogens is 311 g/mol. The van der Waals surface area contributed by atoms with Crippen LogP contribution in [0.3, 0.4) is 0 Å². The Morgan fingerprint density at radius 3 is 2.17 bits per heavy atom. The topological polar surface area (TPSA) is 47.6 Å². The lowest BCUT2D eigenvalue weighted by molar-refractivity contribution is -0.137. The first-order chi connectivity index (χ1) is 10.8. The largest absolute Gasteiger partial charge is 0.497 e. The summed E-state index contributed by atoms with van der Waals surface area (Å²) in [4.78, 5) is 12.3. The first-order valence-corrected chi connectivity index (χ1v) is 6.56. The second-order valence-electron chi connectivity index (χ2n) is 4.60. The van der Waals surface area contributed by atoms with Gasteiger partial charge in [-0.15, -0.1) is 0 Å². The lowest BCUT2D eigenvalue weighted by Crippen LogP contribution is -2.13. The molecule has 0 aliphatic heterocycles. The van der Waals surface area contributed by atoms with Gasteiger partial charge in [0.25, 0.3) is 5.91 Å². The van der Waals surface area contributed by atoms with E-state index in [4.69, 9.17) is 9.47 Å². The van der Waals surface area contributed by atoms with Crippen LogP contribution in [0.5, 0.6) is 11.5 Å². The molecule has 0 spiro atoms. The molecule has 0 bridgehead atoms. The lowest BCUT2D eigenvalue weighted by Gasteiger charge is -2.12. The van der Waals surface area contributed by atoms with Crippen molar-refractivity contribution in [3.8, 4) is 11.5 Å². The number of carbonyl (C=O) groups is 1. The fourth-order valence-electron chi connectivity index (χ4n) is 1.93. The van der Waals surface area contributed by atoms with Gasteiger partial charge in [-0.3, -0.25) is 4.79 Å². The van der Waals surface area contributed by atoms with E-state index in [-0.39, 0.29) is 11.3 Å². The van der Waals surface area contributed by atoms with E-state index in [2.05, 4.69) is 5.32 Å². The van der Waals surface area contributed by atoms with Crippen molar-refractivity contribution in [1.29, 1.82) is 0 Å². The Kier molecular flexibility index (Phi) is 4.78. The van der Waals surface area contributed by atoms with Crippen LogP contribution >= 0.6 is 0 Å². The van der Waals surface area contributed by atoms with E-state index in [1.54, 1.807) is 12.1 Å². The highest BCUT2D eigenvalue weighted by molar-refractivity contribution is 6.06. The summed E-state index contributed by atoms with van der Waals surface area (Å²) in [5.74, 6) is 0.277. The average molecular weight is 325 g/mol. The van der Waals surface area contributed by atoms with Gasteiger partial charge in [0, 0.05) is 5.69 Å². The molecule has 2 rings (SSSR count). The molecule has 1 N–H and O–H groups in total. The van der Waals surface area contributed by atoms with Gasteiger partial charge in [0.2, 0.25) is 0 Å². The third kappa shape index (κ3) is 3.94. The number of nitrogens with one attached hydrogen (secondary N) is 1. The fourth-order valence-corrected chi connectivity index (χ4v) is 1.93. The van der Waals surface area contributed by atoms with E-state index in [1.807, 2.05) is 0 Å². The maximum Gasteiger partial charge on any atom is 0.416 e. The minimum absolute atomic E-state index is 0.215. The monoisotopic (exact) mass is 325 g/mol. The smallest absolute Gasteiger partial charge is 0.416 e. The molecule has 1 amide bonds. The Morgan fingerprint density at radius 2 is 1.65 bits per heavy atom. The minimum atomic E-state index is -4.42. The number of carbonyl (C=O) groups excluding carboxylic acids is 1. The zero-order valence-electron chi connectivity index (χ0n) is 12.4. The quantitative estimate of drug-likeness (QED) is 0.925. The van der Waals surface area contributed by atoms with Gasteiger partial charge in [0.15, 0.2) is 0 Å². The van der Waals surface area contributed by atoms with Crippen LogP contribution in [0.1, 0.15) is 15.9 Å². The van der Waals surface area contributed by atoms with Crippen molar-refractivity contribution < 1.29 is 27.4 Å². The molecule has 7 heteroatoms. The van der Waals surface area contributed by atoms with Crippen LogP contribution in [0.4, 0.5) is 18.9 Å². The zero-order valence-corrected chi connectivity index (χ0v) is 12.4. The van der Waals surface area contributed by atoms with Gasteiger partial charge in [-0.2, -0.15) is 13.2 Å². The standard InChI is InChI=1S/C16H14F3NO3/c1-22-12-7-8-14(23-2)13(9-12)15(21)20-11-5-3-10(4-6-11)16(17,18)19/h3-9H,1-2H3,(H,20,21). The van der Waals surface area contributed by atoms with Crippen molar-refractivity contribution in [1.82, 2.24) is 0 Å². The molecule has 0 aliphatic rings. The molecule has 0 aromatic heterocycles. The third-order valence-corrected chi connectivity index (χ3v) is 3.12. The molecule has 0 fully saturated rings. The molecule has 0 saturated carbocycles. The summed E-state index contributed by atoms with van der Waals surface area (Å²) in [6, 6.07) is 8.87. The van der Waals surface area contributed by atoms with Gasteiger partial charge < -0.3 is 14.8 Å². The van der Waals surface area contributed by atoms with Crippen molar-refractivity contribution >= 4 is 11.6 Å². The van der Waals surface area contributed by atoms with Crippen molar-refractivity contribution in [3.63, 3.8) is 0 Å². The molecule has 2 aromatic rings. The van der Waals surface area contributed by atoms with E-state index >= 15 is 0 Å². The van der Waals surface area contributed by atoms with Crippen LogP contribution in [0.15, 0.2) is 42.5 Å². The van der Waals surface area contributed by atoms with Gasteiger partial charge >= 0.3 is 6.18 Å². The van der Waals surface area contributed by atoms with Crippen molar-refractivity contribution in [2.24, 2.45) is 0 Å². The van der Waals surface area contributed by atoms with Crippen molar-refractivity contribution in [2.75, 3.05) is 19.5 Å². The molecule has 2 aromatic carbocycles. The van der Waals surface area contributed by atoms with Gasteiger partial charge in [-0.05, 0) is 42.5 Å². The normalized spacial score (nSPS) is 11.0. The van der Waals surface area contributed by atoms with Crippen molar-refractivity contribution in [2.45, 2.75) is 6.18 Å². The SMILES string of the molecule is COc1ccc(OC)c(C(=O)Nc2ccc(C(F)(F)F)cc2)c1.